The van der Waals surface area contributed by atoms with Crippen molar-refractivity contribution in [3.8, 4) is 5.75 Å². The van der Waals surface area contributed by atoms with Gasteiger partial charge in [0, 0.05) is 16.8 Å². The summed E-state index contributed by atoms with van der Waals surface area (Å²) in [4.78, 5) is 21.7. The largest absolute Gasteiger partial charge is 0.495 e. The fraction of sp³-hybridized carbons (Fsp3) is 0.0400. The lowest BCUT2D eigenvalue weighted by Crippen LogP contribution is -2.15. The molecule has 38 heavy (non-hydrogen) atoms. The molecule has 0 fully saturated rings. The summed E-state index contributed by atoms with van der Waals surface area (Å²) >= 11 is 0. The topological polar surface area (TPSA) is 176 Å². The maximum atomic E-state index is 13.3. The highest BCUT2D eigenvalue weighted by Gasteiger charge is 2.25. The third kappa shape index (κ3) is 5.38. The maximum absolute atomic E-state index is 13.3. The first-order chi connectivity index (χ1) is 17.9. The van der Waals surface area contributed by atoms with Crippen molar-refractivity contribution < 1.29 is 41.4 Å². The molecule has 4 aromatic carbocycles. The number of methoxy groups -OCH3 is 1. The molecule has 0 aromatic heterocycles. The van der Waals surface area contributed by atoms with Crippen molar-refractivity contribution in [3.63, 3.8) is 0 Å². The van der Waals surface area contributed by atoms with E-state index in [1.54, 1.807) is 0 Å². The number of fused-ring (bicyclic) bond motifs is 1. The average Bonchev–Trinajstić information content (AvgIpc) is 2.87. The van der Waals surface area contributed by atoms with E-state index in [1.165, 1.54) is 86.0 Å². The Labute approximate surface area is 217 Å². The van der Waals surface area contributed by atoms with Crippen LogP contribution in [-0.2, 0) is 20.0 Å². The molecule has 4 rings (SSSR count). The first kappa shape index (κ1) is 26.4. The van der Waals surface area contributed by atoms with E-state index in [4.69, 9.17) is 14.9 Å². The zero-order valence-corrected chi connectivity index (χ0v) is 21.2. The van der Waals surface area contributed by atoms with Crippen molar-refractivity contribution in [2.45, 2.75) is 9.79 Å². The Morgan fingerprint density at radius 3 is 1.66 bits per heavy atom. The summed E-state index contributed by atoms with van der Waals surface area (Å²) in [6.07, 6.45) is 0. The number of carboxylic acid groups (broad SMARTS) is 2. The molecule has 0 radical (unpaired) electrons. The highest BCUT2D eigenvalue weighted by atomic mass is 32.2. The highest BCUT2D eigenvalue weighted by Crippen LogP contribution is 2.35. The van der Waals surface area contributed by atoms with Crippen LogP contribution in [0.3, 0.4) is 0 Å². The second kappa shape index (κ2) is 10.0. The van der Waals surface area contributed by atoms with Gasteiger partial charge < -0.3 is 14.9 Å². The SMILES string of the molecule is COc1ccc2cc(S(=O)(=O)Nc3ccc(C(=O)O)cc3)ccc2c1S(=O)(=O)Nc1ccc(C(=O)O)cc1. The number of hydrogen-bond donors (Lipinski definition) is 4. The minimum absolute atomic E-state index is 0.00669. The van der Waals surface area contributed by atoms with E-state index in [1.807, 2.05) is 0 Å². The number of anilines is 2. The molecule has 0 saturated heterocycles. The molecule has 0 unspecified atom stereocenters. The van der Waals surface area contributed by atoms with Gasteiger partial charge in [0.2, 0.25) is 0 Å². The summed E-state index contributed by atoms with van der Waals surface area (Å²) in [5.74, 6) is -2.30. The first-order valence-corrected chi connectivity index (χ1v) is 13.7. The molecular formula is C25H20N2O9S2. The van der Waals surface area contributed by atoms with Crippen LogP contribution in [0.5, 0.6) is 5.75 Å². The molecule has 11 nitrogen and oxygen atoms in total. The Bertz CT molecular complexity index is 1770. The van der Waals surface area contributed by atoms with E-state index in [9.17, 15) is 26.4 Å². The lowest BCUT2D eigenvalue weighted by molar-refractivity contribution is 0.0686. The first-order valence-electron chi connectivity index (χ1n) is 10.7. The number of sulfonamides is 2. The van der Waals surface area contributed by atoms with Gasteiger partial charge in [-0.25, -0.2) is 26.4 Å². The van der Waals surface area contributed by atoms with Crippen molar-refractivity contribution in [1.29, 1.82) is 0 Å². The molecule has 0 amide bonds. The van der Waals surface area contributed by atoms with Gasteiger partial charge in [-0.2, -0.15) is 0 Å². The smallest absolute Gasteiger partial charge is 0.335 e. The molecule has 13 heteroatoms. The van der Waals surface area contributed by atoms with E-state index in [-0.39, 0.29) is 48.8 Å². The van der Waals surface area contributed by atoms with Crippen LogP contribution in [0.1, 0.15) is 20.7 Å². The van der Waals surface area contributed by atoms with Crippen LogP contribution in [-0.4, -0.2) is 46.1 Å². The lowest BCUT2D eigenvalue weighted by Gasteiger charge is -2.15. The van der Waals surface area contributed by atoms with Gasteiger partial charge in [0.15, 0.2) is 0 Å². The van der Waals surface area contributed by atoms with Crippen molar-refractivity contribution in [3.05, 3.63) is 90.0 Å². The molecule has 0 aliphatic rings. The Morgan fingerprint density at radius 2 is 1.18 bits per heavy atom. The quantitative estimate of drug-likeness (QED) is 0.238. The highest BCUT2D eigenvalue weighted by molar-refractivity contribution is 7.93. The van der Waals surface area contributed by atoms with Crippen LogP contribution in [0.2, 0.25) is 0 Å². The summed E-state index contributed by atoms with van der Waals surface area (Å²) in [6, 6.07) is 17.0. The zero-order valence-electron chi connectivity index (χ0n) is 19.6. The molecule has 4 aromatic rings. The standard InChI is InChI=1S/C25H20N2O9S2/c1-36-22-13-6-17-14-20(37(32,33)26-18-7-2-15(3-8-18)24(28)29)11-12-21(17)23(22)38(34,35)27-19-9-4-16(5-10-19)25(30)31/h2-14,26-27H,1H3,(H,28,29)(H,30,31). The van der Waals surface area contributed by atoms with Crippen LogP contribution in [0, 0.1) is 0 Å². The van der Waals surface area contributed by atoms with Crippen molar-refractivity contribution in [2.75, 3.05) is 16.6 Å². The van der Waals surface area contributed by atoms with Crippen LogP contribution < -0.4 is 14.2 Å². The molecule has 0 saturated carbocycles. The normalized spacial score (nSPS) is 11.6. The molecule has 0 spiro atoms. The summed E-state index contributed by atoms with van der Waals surface area (Å²) in [6.45, 7) is 0. The monoisotopic (exact) mass is 556 g/mol. The van der Waals surface area contributed by atoms with Gasteiger partial charge in [-0.1, -0.05) is 12.1 Å². The van der Waals surface area contributed by atoms with Crippen LogP contribution in [0.4, 0.5) is 11.4 Å². The van der Waals surface area contributed by atoms with Gasteiger partial charge >= 0.3 is 11.9 Å². The maximum Gasteiger partial charge on any atom is 0.335 e. The minimum atomic E-state index is -4.26. The van der Waals surface area contributed by atoms with E-state index in [0.717, 1.165) is 0 Å². The Hall–Kier alpha value is -4.62. The fourth-order valence-corrected chi connectivity index (χ4v) is 6.18. The van der Waals surface area contributed by atoms with Crippen LogP contribution in [0.25, 0.3) is 10.8 Å². The Kier molecular flexibility index (Phi) is 6.98. The van der Waals surface area contributed by atoms with Gasteiger partial charge in [-0.05, 0) is 72.1 Å². The van der Waals surface area contributed by atoms with E-state index >= 15 is 0 Å². The van der Waals surface area contributed by atoms with Crippen LogP contribution in [0.15, 0.2) is 88.7 Å². The number of ether oxygens (including phenoxy) is 1. The Morgan fingerprint density at radius 1 is 0.684 bits per heavy atom. The molecule has 0 atom stereocenters. The molecule has 0 aliphatic heterocycles. The number of rotatable bonds is 9. The fourth-order valence-electron chi connectivity index (χ4n) is 3.65. The molecule has 0 heterocycles. The Balaban J connectivity index is 1.71. The second-order valence-corrected chi connectivity index (χ2v) is 11.3. The van der Waals surface area contributed by atoms with Gasteiger partial charge in [0.25, 0.3) is 20.0 Å². The van der Waals surface area contributed by atoms with Gasteiger partial charge in [0.1, 0.15) is 10.6 Å². The number of nitrogens with one attached hydrogen (secondary N) is 2. The lowest BCUT2D eigenvalue weighted by atomic mass is 10.1. The molecule has 0 bridgehead atoms. The molecule has 4 N–H and O–H groups in total. The third-order valence-electron chi connectivity index (χ3n) is 5.47. The van der Waals surface area contributed by atoms with Gasteiger partial charge in [-0.15, -0.1) is 0 Å². The predicted molar refractivity (Wildman–Crippen MR) is 139 cm³/mol. The van der Waals surface area contributed by atoms with Crippen molar-refractivity contribution >= 4 is 54.1 Å². The van der Waals surface area contributed by atoms with Crippen LogP contribution >= 0.6 is 0 Å². The number of hydrogen-bond acceptors (Lipinski definition) is 7. The minimum Gasteiger partial charge on any atom is -0.495 e. The average molecular weight is 557 g/mol. The summed E-state index contributed by atoms with van der Waals surface area (Å²) in [5, 5.41) is 18.5. The summed E-state index contributed by atoms with van der Waals surface area (Å²) < 4.78 is 62.6. The van der Waals surface area contributed by atoms with Gasteiger partial charge in [-0.3, -0.25) is 9.44 Å². The summed E-state index contributed by atoms with van der Waals surface area (Å²) in [7, 11) is -7.07. The molecule has 0 aliphatic carbocycles. The predicted octanol–water partition coefficient (Wildman–Crippen LogP) is 3.85. The number of aromatic carboxylic acids is 2. The van der Waals surface area contributed by atoms with Crippen molar-refractivity contribution in [2.24, 2.45) is 0 Å². The molecular weight excluding hydrogens is 536 g/mol. The summed E-state index contributed by atoms with van der Waals surface area (Å²) in [5.41, 5.74) is 0.237. The molecule has 196 valence electrons. The van der Waals surface area contributed by atoms with E-state index in [2.05, 4.69) is 9.44 Å². The van der Waals surface area contributed by atoms with Gasteiger partial charge in [0.05, 0.1) is 23.1 Å². The van der Waals surface area contributed by atoms with E-state index < -0.39 is 32.0 Å². The zero-order chi connectivity index (χ0) is 27.7. The number of carboxylic acids is 2. The number of benzene rings is 4. The van der Waals surface area contributed by atoms with Crippen molar-refractivity contribution in [1.82, 2.24) is 0 Å². The third-order valence-corrected chi connectivity index (χ3v) is 8.31. The van der Waals surface area contributed by atoms with E-state index in [0.29, 0.717) is 0 Å². The number of carbonyl (C=O) groups is 2. The second-order valence-electron chi connectivity index (χ2n) is 7.96.